The third-order valence-electron chi connectivity index (χ3n) is 2.20. The van der Waals surface area contributed by atoms with Gasteiger partial charge in [0.1, 0.15) is 5.82 Å². The zero-order valence-electron chi connectivity index (χ0n) is 10.4. The molecular weight excluding hydrogens is 271 g/mol. The molecule has 0 unspecified atom stereocenters. The zero-order valence-corrected chi connectivity index (χ0v) is 12.0. The first kappa shape index (κ1) is 13.3. The minimum atomic E-state index is -0.413. The Morgan fingerprint density at radius 2 is 2.06 bits per heavy atom. The summed E-state index contributed by atoms with van der Waals surface area (Å²) in [6.45, 7) is 6.22. The van der Waals surface area contributed by atoms with Gasteiger partial charge in [0, 0.05) is 16.5 Å². The molecule has 18 heavy (non-hydrogen) atoms. The molecule has 2 nitrogen and oxygen atoms in total. The van der Waals surface area contributed by atoms with Crippen LogP contribution in [0.2, 0.25) is 5.02 Å². The lowest BCUT2D eigenvalue weighted by Gasteiger charge is -2.19. The van der Waals surface area contributed by atoms with E-state index in [-0.39, 0.29) is 10.6 Å². The van der Waals surface area contributed by atoms with Crippen LogP contribution in [0.4, 0.5) is 9.52 Å². The van der Waals surface area contributed by atoms with Gasteiger partial charge in [-0.05, 0) is 39.0 Å². The van der Waals surface area contributed by atoms with Crippen LogP contribution in [0.15, 0.2) is 23.6 Å². The number of hydrogen-bond donors (Lipinski definition) is 1. The highest BCUT2D eigenvalue weighted by Gasteiger charge is 2.13. The van der Waals surface area contributed by atoms with Crippen molar-refractivity contribution in [3.63, 3.8) is 0 Å². The molecule has 0 spiro atoms. The highest BCUT2D eigenvalue weighted by Crippen LogP contribution is 2.29. The van der Waals surface area contributed by atoms with E-state index in [1.54, 1.807) is 12.1 Å². The molecule has 1 aromatic heterocycles. The van der Waals surface area contributed by atoms with Crippen LogP contribution in [0.1, 0.15) is 20.8 Å². The number of nitrogens with one attached hydrogen (secondary N) is 1. The largest absolute Gasteiger partial charge is 0.357 e. The van der Waals surface area contributed by atoms with Crippen LogP contribution < -0.4 is 5.32 Å². The normalized spacial score (nSPS) is 11.6. The second kappa shape index (κ2) is 4.86. The summed E-state index contributed by atoms with van der Waals surface area (Å²) in [5.41, 5.74) is 1.59. The second-order valence-electron chi connectivity index (χ2n) is 5.04. The van der Waals surface area contributed by atoms with E-state index in [1.807, 2.05) is 5.38 Å². The van der Waals surface area contributed by atoms with E-state index in [9.17, 15) is 4.39 Å². The quantitative estimate of drug-likeness (QED) is 0.856. The molecule has 0 fully saturated rings. The molecule has 96 valence electrons. The first-order valence-corrected chi connectivity index (χ1v) is 6.80. The molecule has 0 atom stereocenters. The molecule has 2 aromatic rings. The Morgan fingerprint density at radius 3 is 2.67 bits per heavy atom. The van der Waals surface area contributed by atoms with Crippen molar-refractivity contribution in [2.75, 3.05) is 5.32 Å². The molecule has 2 rings (SSSR count). The molecule has 0 saturated heterocycles. The summed E-state index contributed by atoms with van der Waals surface area (Å²) in [4.78, 5) is 4.46. The number of hydrogen-bond acceptors (Lipinski definition) is 3. The van der Waals surface area contributed by atoms with Gasteiger partial charge in [-0.25, -0.2) is 9.37 Å². The number of benzene rings is 1. The van der Waals surface area contributed by atoms with Crippen molar-refractivity contribution in [3.05, 3.63) is 34.4 Å². The van der Waals surface area contributed by atoms with Crippen LogP contribution in [-0.2, 0) is 0 Å². The zero-order chi connectivity index (χ0) is 13.3. The van der Waals surface area contributed by atoms with E-state index in [4.69, 9.17) is 11.6 Å². The Kier molecular flexibility index (Phi) is 3.59. The van der Waals surface area contributed by atoms with Crippen molar-refractivity contribution in [2.45, 2.75) is 26.3 Å². The first-order chi connectivity index (χ1) is 8.35. The average Bonchev–Trinajstić information content (AvgIpc) is 2.68. The summed E-state index contributed by atoms with van der Waals surface area (Å²) in [6, 6.07) is 4.62. The molecule has 0 aliphatic rings. The van der Waals surface area contributed by atoms with Gasteiger partial charge >= 0.3 is 0 Å². The number of anilines is 1. The van der Waals surface area contributed by atoms with Gasteiger partial charge in [-0.2, -0.15) is 0 Å². The lowest BCUT2D eigenvalue weighted by atomic mass is 10.1. The van der Waals surface area contributed by atoms with Crippen molar-refractivity contribution in [2.24, 2.45) is 0 Å². The molecule has 0 saturated carbocycles. The third-order valence-corrected chi connectivity index (χ3v) is 3.25. The summed E-state index contributed by atoms with van der Waals surface area (Å²) in [5.74, 6) is -0.413. The van der Waals surface area contributed by atoms with Gasteiger partial charge in [0.25, 0.3) is 0 Å². The fraction of sp³-hybridized carbons (Fsp3) is 0.308. The molecule has 0 aliphatic carbocycles. The highest BCUT2D eigenvalue weighted by molar-refractivity contribution is 7.14. The van der Waals surface area contributed by atoms with E-state index in [0.29, 0.717) is 0 Å². The lowest BCUT2D eigenvalue weighted by molar-refractivity contribution is 0.628. The molecule has 0 bridgehead atoms. The number of aromatic nitrogens is 1. The predicted molar refractivity (Wildman–Crippen MR) is 75.9 cm³/mol. The Hall–Kier alpha value is -1.13. The van der Waals surface area contributed by atoms with Crippen LogP contribution in [0.5, 0.6) is 0 Å². The monoisotopic (exact) mass is 284 g/mol. The molecule has 0 amide bonds. The molecule has 0 aliphatic heterocycles. The number of halogens is 2. The predicted octanol–water partition coefficient (Wildman–Crippen LogP) is 4.81. The van der Waals surface area contributed by atoms with Crippen LogP contribution in [0, 0.1) is 5.82 Å². The number of nitrogens with zero attached hydrogens (tertiary/aromatic N) is 1. The average molecular weight is 285 g/mol. The summed E-state index contributed by atoms with van der Waals surface area (Å²) >= 11 is 7.28. The van der Waals surface area contributed by atoms with Crippen LogP contribution in [-0.4, -0.2) is 10.5 Å². The SMILES string of the molecule is CC(C)(C)Nc1nc(-c2ccc(F)c(Cl)c2)cs1. The highest BCUT2D eigenvalue weighted by atomic mass is 35.5. The Labute approximate surface area is 115 Å². The maximum absolute atomic E-state index is 13.1. The van der Waals surface area contributed by atoms with Crippen LogP contribution in [0.25, 0.3) is 11.3 Å². The maximum Gasteiger partial charge on any atom is 0.183 e. The van der Waals surface area contributed by atoms with Gasteiger partial charge in [0.15, 0.2) is 5.13 Å². The van der Waals surface area contributed by atoms with Gasteiger partial charge in [0.05, 0.1) is 10.7 Å². The minimum absolute atomic E-state index is 0.0322. The molecular formula is C13H14ClFN2S. The Bertz CT molecular complexity index is 560. The van der Waals surface area contributed by atoms with E-state index in [1.165, 1.54) is 17.4 Å². The maximum atomic E-state index is 13.1. The van der Waals surface area contributed by atoms with Gasteiger partial charge in [-0.1, -0.05) is 11.6 Å². The fourth-order valence-corrected chi connectivity index (χ4v) is 2.55. The Balaban J connectivity index is 2.26. The van der Waals surface area contributed by atoms with Gasteiger partial charge < -0.3 is 5.32 Å². The van der Waals surface area contributed by atoms with Gasteiger partial charge in [-0.3, -0.25) is 0 Å². The lowest BCUT2D eigenvalue weighted by Crippen LogP contribution is -2.25. The molecule has 1 N–H and O–H groups in total. The van der Waals surface area contributed by atoms with E-state index < -0.39 is 5.82 Å². The summed E-state index contributed by atoms with van der Waals surface area (Å²) in [6.07, 6.45) is 0. The van der Waals surface area contributed by atoms with Crippen molar-refractivity contribution in [1.82, 2.24) is 4.98 Å². The molecule has 1 aromatic carbocycles. The van der Waals surface area contributed by atoms with E-state index >= 15 is 0 Å². The third kappa shape index (κ3) is 3.21. The summed E-state index contributed by atoms with van der Waals surface area (Å²) in [5, 5.41) is 6.19. The van der Waals surface area contributed by atoms with E-state index in [2.05, 4.69) is 31.1 Å². The number of thiazole rings is 1. The van der Waals surface area contributed by atoms with Gasteiger partial charge in [0.2, 0.25) is 0 Å². The topological polar surface area (TPSA) is 24.9 Å². The smallest absolute Gasteiger partial charge is 0.183 e. The Morgan fingerprint density at radius 1 is 1.33 bits per heavy atom. The number of rotatable bonds is 2. The van der Waals surface area contributed by atoms with Gasteiger partial charge in [-0.15, -0.1) is 11.3 Å². The second-order valence-corrected chi connectivity index (χ2v) is 6.31. The summed E-state index contributed by atoms with van der Waals surface area (Å²) < 4.78 is 13.1. The van der Waals surface area contributed by atoms with Crippen molar-refractivity contribution in [3.8, 4) is 11.3 Å². The van der Waals surface area contributed by atoms with Crippen LogP contribution >= 0.6 is 22.9 Å². The van der Waals surface area contributed by atoms with Crippen molar-refractivity contribution < 1.29 is 4.39 Å². The summed E-state index contributed by atoms with van der Waals surface area (Å²) in [7, 11) is 0. The van der Waals surface area contributed by atoms with Crippen molar-refractivity contribution in [1.29, 1.82) is 0 Å². The minimum Gasteiger partial charge on any atom is -0.357 e. The fourth-order valence-electron chi connectivity index (χ4n) is 1.44. The van der Waals surface area contributed by atoms with Crippen molar-refractivity contribution >= 4 is 28.1 Å². The van der Waals surface area contributed by atoms with Crippen LogP contribution in [0.3, 0.4) is 0 Å². The standard InChI is InChI=1S/C13H14ClFN2S/c1-13(2,3)17-12-16-11(7-18-12)8-4-5-10(15)9(14)6-8/h4-7H,1-3H3,(H,16,17). The first-order valence-electron chi connectivity index (χ1n) is 5.54. The van der Waals surface area contributed by atoms with E-state index in [0.717, 1.165) is 16.4 Å². The molecule has 5 heteroatoms. The molecule has 0 radical (unpaired) electrons. The molecule has 1 heterocycles.